The number of aromatic nitrogens is 2. The molecule has 0 aliphatic heterocycles. The predicted octanol–water partition coefficient (Wildman–Crippen LogP) is 2.29. The molecule has 1 fully saturated rings. The first kappa shape index (κ1) is 10.9. The Morgan fingerprint density at radius 2 is 2.29 bits per heavy atom. The third-order valence-electron chi connectivity index (χ3n) is 3.42. The van der Waals surface area contributed by atoms with Crippen molar-refractivity contribution in [2.24, 2.45) is 5.73 Å². The largest absolute Gasteiger partial charge is 0.364 e. The van der Waals surface area contributed by atoms with Gasteiger partial charge in [0.2, 0.25) is 0 Å². The maximum absolute atomic E-state index is 6.07. The van der Waals surface area contributed by atoms with Crippen molar-refractivity contribution < 1.29 is 0 Å². The van der Waals surface area contributed by atoms with Crippen LogP contribution >= 0.6 is 11.3 Å². The van der Waals surface area contributed by atoms with Crippen molar-refractivity contribution in [3.63, 3.8) is 0 Å². The van der Waals surface area contributed by atoms with Crippen molar-refractivity contribution in [2.45, 2.75) is 38.3 Å². The van der Waals surface area contributed by atoms with Gasteiger partial charge in [-0.1, -0.05) is 0 Å². The summed E-state index contributed by atoms with van der Waals surface area (Å²) in [4.78, 5) is 8.67. The van der Waals surface area contributed by atoms with E-state index in [-0.39, 0.29) is 6.04 Å². The predicted molar refractivity (Wildman–Crippen MR) is 71.4 cm³/mol. The van der Waals surface area contributed by atoms with Gasteiger partial charge in [-0.05, 0) is 37.1 Å². The van der Waals surface area contributed by atoms with Crippen molar-refractivity contribution >= 4 is 27.4 Å². The summed E-state index contributed by atoms with van der Waals surface area (Å²) in [6, 6.07) is 0.608. The van der Waals surface area contributed by atoms with Gasteiger partial charge in [0, 0.05) is 12.1 Å². The van der Waals surface area contributed by atoms with Gasteiger partial charge in [0.1, 0.15) is 12.1 Å². The molecule has 1 aliphatic rings. The fourth-order valence-electron chi connectivity index (χ4n) is 2.42. The van der Waals surface area contributed by atoms with Crippen LogP contribution in [0, 0.1) is 6.92 Å². The smallest absolute Gasteiger partial charge is 0.147 e. The van der Waals surface area contributed by atoms with Crippen LogP contribution in [0.2, 0.25) is 0 Å². The zero-order valence-corrected chi connectivity index (χ0v) is 10.6. The summed E-state index contributed by atoms with van der Waals surface area (Å²) in [6.45, 7) is 2.08. The van der Waals surface area contributed by atoms with Crippen LogP contribution in [0.1, 0.15) is 24.8 Å². The molecule has 0 aromatic carbocycles. The van der Waals surface area contributed by atoms with E-state index >= 15 is 0 Å². The van der Waals surface area contributed by atoms with Gasteiger partial charge in [-0.15, -0.1) is 11.3 Å². The molecular weight excluding hydrogens is 232 g/mol. The van der Waals surface area contributed by atoms with Crippen LogP contribution in [-0.2, 0) is 0 Å². The van der Waals surface area contributed by atoms with Crippen LogP contribution < -0.4 is 11.1 Å². The van der Waals surface area contributed by atoms with Crippen molar-refractivity contribution in [2.75, 3.05) is 5.32 Å². The maximum Gasteiger partial charge on any atom is 0.147 e. The number of hydrogen-bond acceptors (Lipinski definition) is 5. The molecule has 0 saturated heterocycles. The second kappa shape index (κ2) is 4.23. The maximum atomic E-state index is 6.07. The lowest BCUT2D eigenvalue weighted by Gasteiger charge is -2.17. The molecule has 2 unspecified atom stereocenters. The van der Waals surface area contributed by atoms with Gasteiger partial charge in [-0.25, -0.2) is 9.97 Å². The highest BCUT2D eigenvalue weighted by molar-refractivity contribution is 7.18. The number of fused-ring (bicyclic) bond motifs is 1. The third-order valence-corrected chi connectivity index (χ3v) is 4.52. The molecule has 3 N–H and O–H groups in total. The molecule has 2 heterocycles. The van der Waals surface area contributed by atoms with E-state index in [1.807, 2.05) is 0 Å². The second-order valence-electron chi connectivity index (χ2n) is 4.66. The molecule has 0 radical (unpaired) electrons. The minimum atomic E-state index is 0.251. The quantitative estimate of drug-likeness (QED) is 0.856. The first-order valence-corrected chi connectivity index (χ1v) is 6.84. The number of aryl methyl sites for hydroxylation is 1. The Morgan fingerprint density at radius 1 is 1.41 bits per heavy atom. The van der Waals surface area contributed by atoms with E-state index in [0.29, 0.717) is 6.04 Å². The second-order valence-corrected chi connectivity index (χ2v) is 5.54. The number of anilines is 1. The summed E-state index contributed by atoms with van der Waals surface area (Å²) in [5.74, 6) is 0.940. The number of thiophene rings is 1. The Morgan fingerprint density at radius 3 is 3.06 bits per heavy atom. The number of hydrogen-bond donors (Lipinski definition) is 2. The fraction of sp³-hybridized carbons (Fsp3) is 0.500. The van der Waals surface area contributed by atoms with E-state index in [0.717, 1.165) is 28.9 Å². The summed E-state index contributed by atoms with van der Waals surface area (Å²) in [6.07, 6.45) is 5.08. The van der Waals surface area contributed by atoms with Crippen LogP contribution in [0.5, 0.6) is 0 Å². The highest BCUT2D eigenvalue weighted by Gasteiger charge is 2.24. The molecule has 17 heavy (non-hydrogen) atoms. The SMILES string of the molecule is Cc1csc2c(NC3CCCC3N)ncnc12. The normalized spacial score (nSPS) is 24.4. The van der Waals surface area contributed by atoms with Crippen LogP contribution in [0.15, 0.2) is 11.7 Å². The standard InChI is InChI=1S/C12H16N4S/c1-7-5-17-11-10(7)14-6-15-12(11)16-9-4-2-3-8(9)13/h5-6,8-9H,2-4,13H2,1H3,(H,14,15,16). The molecular formula is C12H16N4S. The van der Waals surface area contributed by atoms with Gasteiger partial charge in [-0.3, -0.25) is 0 Å². The van der Waals surface area contributed by atoms with E-state index in [2.05, 4.69) is 27.6 Å². The van der Waals surface area contributed by atoms with Crippen molar-refractivity contribution in [3.05, 3.63) is 17.3 Å². The highest BCUT2D eigenvalue weighted by Crippen LogP contribution is 2.30. The lowest BCUT2D eigenvalue weighted by atomic mass is 10.2. The van der Waals surface area contributed by atoms with Gasteiger partial charge >= 0.3 is 0 Å². The molecule has 0 bridgehead atoms. The Labute approximate surface area is 104 Å². The molecule has 5 heteroatoms. The Kier molecular flexibility index (Phi) is 2.72. The third kappa shape index (κ3) is 1.89. The highest BCUT2D eigenvalue weighted by atomic mass is 32.1. The molecule has 3 rings (SSSR count). The lowest BCUT2D eigenvalue weighted by molar-refractivity contribution is 0.636. The number of nitrogens with one attached hydrogen (secondary N) is 1. The van der Waals surface area contributed by atoms with E-state index in [1.165, 1.54) is 12.0 Å². The van der Waals surface area contributed by atoms with Crippen LogP contribution in [0.3, 0.4) is 0 Å². The van der Waals surface area contributed by atoms with E-state index in [4.69, 9.17) is 5.73 Å². The molecule has 2 aromatic heterocycles. The zero-order valence-electron chi connectivity index (χ0n) is 9.81. The number of nitrogens with zero attached hydrogens (tertiary/aromatic N) is 2. The van der Waals surface area contributed by atoms with Gasteiger partial charge in [0.25, 0.3) is 0 Å². The number of nitrogens with two attached hydrogens (primary N) is 1. The average molecular weight is 248 g/mol. The Balaban J connectivity index is 1.94. The number of rotatable bonds is 2. The monoisotopic (exact) mass is 248 g/mol. The molecule has 4 nitrogen and oxygen atoms in total. The van der Waals surface area contributed by atoms with Gasteiger partial charge in [-0.2, -0.15) is 0 Å². The molecule has 0 spiro atoms. The minimum Gasteiger partial charge on any atom is -0.364 e. The molecule has 2 aromatic rings. The topological polar surface area (TPSA) is 63.8 Å². The van der Waals surface area contributed by atoms with Crippen molar-refractivity contribution in [1.82, 2.24) is 9.97 Å². The summed E-state index contributed by atoms with van der Waals surface area (Å²) in [5, 5.41) is 5.61. The average Bonchev–Trinajstić information content (AvgIpc) is 2.89. The van der Waals surface area contributed by atoms with Crippen molar-refractivity contribution in [3.8, 4) is 0 Å². The first-order valence-electron chi connectivity index (χ1n) is 5.96. The fourth-order valence-corrected chi connectivity index (χ4v) is 3.37. The summed E-state index contributed by atoms with van der Waals surface area (Å²) < 4.78 is 1.14. The van der Waals surface area contributed by atoms with E-state index in [1.54, 1.807) is 17.7 Å². The minimum absolute atomic E-state index is 0.251. The van der Waals surface area contributed by atoms with Crippen molar-refractivity contribution in [1.29, 1.82) is 0 Å². The first-order chi connectivity index (χ1) is 8.25. The van der Waals surface area contributed by atoms with E-state index < -0.39 is 0 Å². The Hall–Kier alpha value is -1.20. The summed E-state index contributed by atoms with van der Waals surface area (Å²) in [7, 11) is 0. The van der Waals surface area contributed by atoms with Gasteiger partial charge in [0.05, 0.1) is 10.2 Å². The zero-order chi connectivity index (χ0) is 11.8. The van der Waals surface area contributed by atoms with Crippen LogP contribution in [0.4, 0.5) is 5.82 Å². The van der Waals surface area contributed by atoms with Crippen LogP contribution in [0.25, 0.3) is 10.2 Å². The Bertz CT molecular complexity index is 536. The molecule has 2 atom stereocenters. The summed E-state index contributed by atoms with van der Waals surface area (Å²) in [5.41, 5.74) is 8.34. The molecule has 90 valence electrons. The van der Waals surface area contributed by atoms with E-state index in [9.17, 15) is 0 Å². The van der Waals surface area contributed by atoms with Gasteiger partial charge < -0.3 is 11.1 Å². The molecule has 1 saturated carbocycles. The summed E-state index contributed by atoms with van der Waals surface area (Å²) >= 11 is 1.70. The molecule has 0 amide bonds. The molecule has 1 aliphatic carbocycles. The van der Waals surface area contributed by atoms with Gasteiger partial charge in [0.15, 0.2) is 0 Å². The van der Waals surface area contributed by atoms with Crippen LogP contribution in [-0.4, -0.2) is 22.1 Å². The lowest BCUT2D eigenvalue weighted by Crippen LogP contribution is -2.35.